The molecule has 2 aromatic carbocycles. The average Bonchev–Trinajstić information content (AvgIpc) is 2.62. The molecular weight excluding hydrogens is 361 g/mol. The van der Waals surface area contributed by atoms with Crippen molar-refractivity contribution in [2.75, 3.05) is 19.4 Å². The van der Waals surface area contributed by atoms with Crippen molar-refractivity contribution in [3.63, 3.8) is 0 Å². The standard InChI is InChI=1S/C19H19ClFNO2S/c1-24-18-8-3-2-5-14(18)9-10-19(23)22-11-12-25-13-15-16(20)6-4-7-17(15)21/h2-10H,11-13H2,1H3,(H,22,23). The van der Waals surface area contributed by atoms with Crippen molar-refractivity contribution in [1.29, 1.82) is 0 Å². The Morgan fingerprint density at radius 1 is 1.28 bits per heavy atom. The molecule has 0 fully saturated rings. The highest BCUT2D eigenvalue weighted by Gasteiger charge is 2.06. The summed E-state index contributed by atoms with van der Waals surface area (Å²) in [4.78, 5) is 11.8. The smallest absolute Gasteiger partial charge is 0.244 e. The van der Waals surface area contributed by atoms with E-state index in [2.05, 4.69) is 5.32 Å². The van der Waals surface area contributed by atoms with Gasteiger partial charge in [0.05, 0.1) is 7.11 Å². The lowest BCUT2D eigenvalue weighted by Gasteiger charge is -2.06. The van der Waals surface area contributed by atoms with Crippen molar-refractivity contribution in [2.45, 2.75) is 5.75 Å². The fourth-order valence-electron chi connectivity index (χ4n) is 2.12. The van der Waals surface area contributed by atoms with Gasteiger partial charge in [-0.05, 0) is 24.3 Å². The van der Waals surface area contributed by atoms with E-state index in [9.17, 15) is 9.18 Å². The molecule has 0 saturated heterocycles. The summed E-state index contributed by atoms with van der Waals surface area (Å²) in [6.07, 6.45) is 3.18. The maximum absolute atomic E-state index is 13.6. The number of hydrogen-bond donors (Lipinski definition) is 1. The molecule has 2 aromatic rings. The topological polar surface area (TPSA) is 38.3 Å². The zero-order valence-electron chi connectivity index (χ0n) is 13.8. The van der Waals surface area contributed by atoms with Gasteiger partial charge in [0.15, 0.2) is 0 Å². The third-order valence-corrected chi connectivity index (χ3v) is 4.75. The Morgan fingerprint density at radius 2 is 2.08 bits per heavy atom. The Labute approximate surface area is 156 Å². The van der Waals surface area contributed by atoms with Crippen LogP contribution in [-0.4, -0.2) is 25.3 Å². The van der Waals surface area contributed by atoms with Gasteiger partial charge in [0.2, 0.25) is 5.91 Å². The minimum atomic E-state index is -0.302. The van der Waals surface area contributed by atoms with Crippen molar-refractivity contribution in [3.8, 4) is 5.75 Å². The van der Waals surface area contributed by atoms with Crippen LogP contribution in [0.25, 0.3) is 6.08 Å². The van der Waals surface area contributed by atoms with E-state index in [4.69, 9.17) is 16.3 Å². The number of thioether (sulfide) groups is 1. The molecule has 0 atom stereocenters. The van der Waals surface area contributed by atoms with Gasteiger partial charge >= 0.3 is 0 Å². The van der Waals surface area contributed by atoms with Gasteiger partial charge in [0, 0.05) is 40.3 Å². The van der Waals surface area contributed by atoms with Crippen molar-refractivity contribution in [2.24, 2.45) is 0 Å². The van der Waals surface area contributed by atoms with Crippen molar-refractivity contribution < 1.29 is 13.9 Å². The lowest BCUT2D eigenvalue weighted by Crippen LogP contribution is -2.23. The number of carbonyl (C=O) groups excluding carboxylic acids is 1. The van der Waals surface area contributed by atoms with Crippen molar-refractivity contribution in [3.05, 3.63) is 70.5 Å². The minimum Gasteiger partial charge on any atom is -0.496 e. The minimum absolute atomic E-state index is 0.185. The average molecular weight is 380 g/mol. The summed E-state index contributed by atoms with van der Waals surface area (Å²) in [5.74, 6) is 1.36. The van der Waals surface area contributed by atoms with E-state index in [1.54, 1.807) is 25.3 Å². The maximum atomic E-state index is 13.6. The van der Waals surface area contributed by atoms with Gasteiger partial charge in [-0.25, -0.2) is 4.39 Å². The number of ether oxygens (including phenoxy) is 1. The first-order valence-electron chi connectivity index (χ1n) is 7.71. The van der Waals surface area contributed by atoms with Crippen LogP contribution in [0.15, 0.2) is 48.5 Å². The van der Waals surface area contributed by atoms with Crippen LogP contribution in [-0.2, 0) is 10.5 Å². The first-order chi connectivity index (χ1) is 12.1. The van der Waals surface area contributed by atoms with E-state index in [1.807, 2.05) is 24.3 Å². The summed E-state index contributed by atoms with van der Waals surface area (Å²) in [5.41, 5.74) is 1.33. The van der Waals surface area contributed by atoms with Gasteiger partial charge in [0.1, 0.15) is 11.6 Å². The number of nitrogens with one attached hydrogen (secondary N) is 1. The van der Waals surface area contributed by atoms with Crippen LogP contribution in [0.3, 0.4) is 0 Å². The molecule has 0 aliphatic heterocycles. The molecule has 6 heteroatoms. The number of halogens is 2. The number of amides is 1. The molecule has 0 saturated carbocycles. The third kappa shape index (κ3) is 6.11. The monoisotopic (exact) mass is 379 g/mol. The number of rotatable bonds is 8. The quantitative estimate of drug-likeness (QED) is 0.540. The van der Waals surface area contributed by atoms with Gasteiger partial charge in [-0.2, -0.15) is 11.8 Å². The largest absolute Gasteiger partial charge is 0.496 e. The van der Waals surface area contributed by atoms with E-state index in [1.165, 1.54) is 23.9 Å². The van der Waals surface area contributed by atoms with Crippen LogP contribution in [0.5, 0.6) is 5.75 Å². The number of carbonyl (C=O) groups is 1. The first-order valence-corrected chi connectivity index (χ1v) is 9.24. The summed E-state index contributed by atoms with van der Waals surface area (Å²) < 4.78 is 18.8. The van der Waals surface area contributed by atoms with Gasteiger partial charge in [-0.3, -0.25) is 4.79 Å². The molecule has 25 heavy (non-hydrogen) atoms. The second-order valence-electron chi connectivity index (χ2n) is 5.12. The summed E-state index contributed by atoms with van der Waals surface area (Å²) in [5, 5.41) is 3.22. The van der Waals surface area contributed by atoms with Crippen molar-refractivity contribution in [1.82, 2.24) is 5.32 Å². The predicted octanol–water partition coefficient (Wildman–Crippen LogP) is 4.55. The Bertz CT molecular complexity index is 732. The van der Waals surface area contributed by atoms with Crippen LogP contribution in [0.2, 0.25) is 5.02 Å². The molecule has 0 aliphatic carbocycles. The molecular formula is C19H19ClFNO2S. The molecule has 0 heterocycles. The zero-order valence-corrected chi connectivity index (χ0v) is 15.4. The second-order valence-corrected chi connectivity index (χ2v) is 6.63. The molecule has 132 valence electrons. The summed E-state index contributed by atoms with van der Waals surface area (Å²) in [6.45, 7) is 0.492. The van der Waals surface area contributed by atoms with Crippen LogP contribution < -0.4 is 10.1 Å². The Morgan fingerprint density at radius 3 is 2.84 bits per heavy atom. The van der Waals surface area contributed by atoms with Gasteiger partial charge < -0.3 is 10.1 Å². The summed E-state index contributed by atoms with van der Waals surface area (Å²) in [6, 6.07) is 12.1. The highest BCUT2D eigenvalue weighted by Crippen LogP contribution is 2.23. The van der Waals surface area contributed by atoms with Gasteiger partial charge in [-0.1, -0.05) is 35.9 Å². The number of hydrogen-bond acceptors (Lipinski definition) is 3. The third-order valence-electron chi connectivity index (χ3n) is 3.41. The number of benzene rings is 2. The zero-order chi connectivity index (χ0) is 18.1. The van der Waals surface area contributed by atoms with Crippen LogP contribution >= 0.6 is 23.4 Å². The second kappa shape index (κ2) is 10.1. The van der Waals surface area contributed by atoms with E-state index < -0.39 is 0 Å². The lowest BCUT2D eigenvalue weighted by atomic mass is 10.2. The number of methoxy groups -OCH3 is 1. The van der Waals surface area contributed by atoms with E-state index >= 15 is 0 Å². The molecule has 3 nitrogen and oxygen atoms in total. The normalized spacial score (nSPS) is 10.8. The Hall–Kier alpha value is -1.98. The Balaban J connectivity index is 1.73. The molecule has 0 spiro atoms. The molecule has 0 bridgehead atoms. The first kappa shape index (κ1) is 19.3. The van der Waals surface area contributed by atoms with E-state index in [-0.39, 0.29) is 11.7 Å². The van der Waals surface area contributed by atoms with E-state index in [0.29, 0.717) is 34.4 Å². The molecule has 0 unspecified atom stereocenters. The van der Waals surface area contributed by atoms with Crippen LogP contribution in [0.1, 0.15) is 11.1 Å². The maximum Gasteiger partial charge on any atom is 0.244 e. The summed E-state index contributed by atoms with van der Waals surface area (Å²) in [7, 11) is 1.59. The lowest BCUT2D eigenvalue weighted by molar-refractivity contribution is -0.116. The van der Waals surface area contributed by atoms with E-state index in [0.717, 1.165) is 5.56 Å². The highest BCUT2D eigenvalue weighted by molar-refractivity contribution is 7.98. The molecule has 2 rings (SSSR count). The molecule has 0 radical (unpaired) electrons. The fraction of sp³-hybridized carbons (Fsp3) is 0.211. The van der Waals surface area contributed by atoms with Gasteiger partial charge in [-0.15, -0.1) is 0 Å². The molecule has 1 amide bonds. The predicted molar refractivity (Wildman–Crippen MR) is 103 cm³/mol. The molecule has 1 N–H and O–H groups in total. The fourth-order valence-corrected chi connectivity index (χ4v) is 3.32. The Kier molecular flexibility index (Phi) is 7.82. The molecule has 0 aliphatic rings. The van der Waals surface area contributed by atoms with Crippen LogP contribution in [0.4, 0.5) is 4.39 Å². The van der Waals surface area contributed by atoms with Crippen molar-refractivity contribution >= 4 is 35.3 Å². The molecule has 0 aromatic heterocycles. The van der Waals surface area contributed by atoms with Crippen LogP contribution in [0, 0.1) is 5.82 Å². The highest BCUT2D eigenvalue weighted by atomic mass is 35.5. The SMILES string of the molecule is COc1ccccc1C=CC(=O)NCCSCc1c(F)cccc1Cl. The summed E-state index contributed by atoms with van der Waals surface area (Å²) >= 11 is 7.49. The number of para-hydroxylation sites is 1. The van der Waals surface area contributed by atoms with Gasteiger partial charge in [0.25, 0.3) is 0 Å².